The molecule has 3 atom stereocenters. The maximum Gasteiger partial charge on any atom is 0.239 e. The number of hydrogen-bond acceptors (Lipinski definition) is 2. The Bertz CT molecular complexity index is 381. The van der Waals surface area contributed by atoms with Crippen LogP contribution in [0.25, 0.3) is 0 Å². The van der Waals surface area contributed by atoms with E-state index in [1.807, 2.05) is 7.05 Å². The van der Waals surface area contributed by atoms with E-state index in [9.17, 15) is 4.79 Å². The lowest BCUT2D eigenvalue weighted by atomic mass is 9.80. The Morgan fingerprint density at radius 3 is 2.48 bits per heavy atom. The fraction of sp³-hybridized carbons (Fsp3) is 0.944. The van der Waals surface area contributed by atoms with Crippen LogP contribution in [0.2, 0.25) is 0 Å². The lowest BCUT2D eigenvalue weighted by molar-refractivity contribution is -0.133. The third-order valence-corrected chi connectivity index (χ3v) is 6.24. The maximum absolute atomic E-state index is 12.8. The number of amides is 1. The van der Waals surface area contributed by atoms with Crippen LogP contribution in [0.4, 0.5) is 0 Å². The van der Waals surface area contributed by atoms with Crippen molar-refractivity contribution in [1.82, 2.24) is 10.2 Å². The Morgan fingerprint density at radius 1 is 1.19 bits per heavy atom. The molecule has 0 aromatic rings. The number of carbonyl (C=O) groups excluding carboxylic acids is 1. The molecule has 0 radical (unpaired) electrons. The monoisotopic (exact) mass is 292 g/mol. The molecule has 120 valence electrons. The van der Waals surface area contributed by atoms with Gasteiger partial charge in [-0.05, 0) is 62.3 Å². The van der Waals surface area contributed by atoms with Crippen molar-refractivity contribution < 1.29 is 4.79 Å². The Kier molecular flexibility index (Phi) is 4.31. The third-order valence-electron chi connectivity index (χ3n) is 6.24. The summed E-state index contributed by atoms with van der Waals surface area (Å²) in [6, 6.07) is 0.0165. The number of likely N-dealkylation sites (N-methyl/N-ethyl adjacent to an activating group) is 1. The smallest absolute Gasteiger partial charge is 0.239 e. The molecule has 3 heteroatoms. The van der Waals surface area contributed by atoms with E-state index in [-0.39, 0.29) is 11.5 Å². The second kappa shape index (κ2) is 5.91. The average Bonchev–Trinajstić information content (AvgIpc) is 2.73. The zero-order valence-corrected chi connectivity index (χ0v) is 14.0. The van der Waals surface area contributed by atoms with Gasteiger partial charge in [0.2, 0.25) is 5.91 Å². The van der Waals surface area contributed by atoms with Crippen molar-refractivity contribution in [2.24, 2.45) is 23.2 Å². The van der Waals surface area contributed by atoms with Gasteiger partial charge in [0, 0.05) is 13.1 Å². The number of hydrogen-bond donors (Lipinski definition) is 1. The van der Waals surface area contributed by atoms with Gasteiger partial charge < -0.3 is 10.2 Å². The van der Waals surface area contributed by atoms with E-state index in [1.54, 1.807) is 0 Å². The van der Waals surface area contributed by atoms with E-state index in [0.717, 1.165) is 43.7 Å². The van der Waals surface area contributed by atoms with Crippen LogP contribution in [0.15, 0.2) is 0 Å². The molecular formula is C18H32N2O. The van der Waals surface area contributed by atoms with Gasteiger partial charge in [0.05, 0.1) is 6.04 Å². The molecule has 0 aromatic carbocycles. The summed E-state index contributed by atoms with van der Waals surface area (Å²) in [6.07, 6.45) is 9.20. The van der Waals surface area contributed by atoms with Crippen molar-refractivity contribution >= 4 is 5.91 Å². The number of rotatable bonds is 3. The molecule has 1 heterocycles. The van der Waals surface area contributed by atoms with Crippen molar-refractivity contribution in [3.63, 3.8) is 0 Å². The topological polar surface area (TPSA) is 32.3 Å². The predicted molar refractivity (Wildman–Crippen MR) is 86.0 cm³/mol. The van der Waals surface area contributed by atoms with Crippen LogP contribution < -0.4 is 5.32 Å². The van der Waals surface area contributed by atoms with Gasteiger partial charge in [-0.15, -0.1) is 0 Å². The minimum Gasteiger partial charge on any atom is -0.341 e. The fourth-order valence-corrected chi connectivity index (χ4v) is 5.02. The largest absolute Gasteiger partial charge is 0.341 e. The highest BCUT2D eigenvalue weighted by molar-refractivity contribution is 5.82. The number of nitrogens with one attached hydrogen (secondary N) is 1. The van der Waals surface area contributed by atoms with Gasteiger partial charge in [0.1, 0.15) is 0 Å². The van der Waals surface area contributed by atoms with E-state index >= 15 is 0 Å². The molecule has 2 bridgehead atoms. The molecule has 21 heavy (non-hydrogen) atoms. The van der Waals surface area contributed by atoms with Gasteiger partial charge in [0.15, 0.2) is 0 Å². The Morgan fingerprint density at radius 2 is 1.86 bits per heavy atom. The predicted octanol–water partition coefficient (Wildman–Crippen LogP) is 3.05. The lowest BCUT2D eigenvalue weighted by Crippen LogP contribution is -2.46. The molecule has 2 saturated carbocycles. The van der Waals surface area contributed by atoms with E-state index in [4.69, 9.17) is 0 Å². The molecule has 3 rings (SSSR count). The minimum atomic E-state index is 0.0165. The molecule has 0 spiro atoms. The zero-order valence-electron chi connectivity index (χ0n) is 14.0. The summed E-state index contributed by atoms with van der Waals surface area (Å²) in [5.74, 6) is 3.04. The highest BCUT2D eigenvalue weighted by Crippen LogP contribution is 2.45. The third kappa shape index (κ3) is 3.44. The molecule has 3 nitrogen and oxygen atoms in total. The van der Waals surface area contributed by atoms with Gasteiger partial charge in [-0.3, -0.25) is 4.79 Å². The SMILES string of the molecule is CNC1CC(C)(C)CCN(CC2CC3CCC(C3)C2)C1=O. The summed E-state index contributed by atoms with van der Waals surface area (Å²) in [4.78, 5) is 15.0. The van der Waals surface area contributed by atoms with E-state index in [1.165, 1.54) is 32.1 Å². The van der Waals surface area contributed by atoms with Crippen LogP contribution in [0.3, 0.4) is 0 Å². The maximum atomic E-state index is 12.8. The van der Waals surface area contributed by atoms with Crippen molar-refractivity contribution in [2.75, 3.05) is 20.1 Å². The number of fused-ring (bicyclic) bond motifs is 2. The summed E-state index contributed by atoms with van der Waals surface area (Å²) in [5.41, 5.74) is 0.268. The summed E-state index contributed by atoms with van der Waals surface area (Å²) < 4.78 is 0. The first-order valence-corrected chi connectivity index (χ1v) is 8.93. The molecule has 0 aromatic heterocycles. The van der Waals surface area contributed by atoms with Gasteiger partial charge in [-0.25, -0.2) is 0 Å². The van der Waals surface area contributed by atoms with Gasteiger partial charge in [0.25, 0.3) is 0 Å². The molecule has 1 N–H and O–H groups in total. The Labute approximate surface area is 129 Å². The minimum absolute atomic E-state index is 0.0165. The van der Waals surface area contributed by atoms with Crippen molar-refractivity contribution in [3.05, 3.63) is 0 Å². The van der Waals surface area contributed by atoms with Crippen LogP contribution >= 0.6 is 0 Å². The molecule has 3 aliphatic rings. The van der Waals surface area contributed by atoms with Crippen LogP contribution in [0.5, 0.6) is 0 Å². The molecule has 2 aliphatic carbocycles. The van der Waals surface area contributed by atoms with E-state index in [2.05, 4.69) is 24.1 Å². The standard InChI is InChI=1S/C18H32N2O/c1-18(2)6-7-20(17(21)16(11-18)19-3)12-15-9-13-4-5-14(8-13)10-15/h13-16,19H,4-12H2,1-3H3. The van der Waals surface area contributed by atoms with Crippen LogP contribution in [-0.2, 0) is 4.79 Å². The zero-order chi connectivity index (χ0) is 15.0. The van der Waals surface area contributed by atoms with E-state index < -0.39 is 0 Å². The van der Waals surface area contributed by atoms with Crippen LogP contribution in [0.1, 0.15) is 58.8 Å². The van der Waals surface area contributed by atoms with Crippen molar-refractivity contribution in [1.29, 1.82) is 0 Å². The first kappa shape index (κ1) is 15.3. The quantitative estimate of drug-likeness (QED) is 0.867. The van der Waals surface area contributed by atoms with Gasteiger partial charge >= 0.3 is 0 Å². The van der Waals surface area contributed by atoms with Crippen LogP contribution in [0, 0.1) is 23.2 Å². The number of nitrogens with zero attached hydrogens (tertiary/aromatic N) is 1. The fourth-order valence-electron chi connectivity index (χ4n) is 5.02. The van der Waals surface area contributed by atoms with Crippen LogP contribution in [-0.4, -0.2) is 37.0 Å². The molecule has 3 unspecified atom stereocenters. The normalized spacial score (nSPS) is 39.4. The highest BCUT2D eigenvalue weighted by atomic mass is 16.2. The average molecular weight is 292 g/mol. The van der Waals surface area contributed by atoms with Gasteiger partial charge in [-0.2, -0.15) is 0 Å². The van der Waals surface area contributed by atoms with Gasteiger partial charge in [-0.1, -0.05) is 26.7 Å². The second-order valence-electron chi connectivity index (χ2n) is 8.63. The number of carbonyl (C=O) groups is 1. The Hall–Kier alpha value is -0.570. The molecule has 1 saturated heterocycles. The molecular weight excluding hydrogens is 260 g/mol. The van der Waals surface area contributed by atoms with Crippen molar-refractivity contribution in [2.45, 2.75) is 64.8 Å². The summed E-state index contributed by atoms with van der Waals surface area (Å²) in [7, 11) is 1.93. The summed E-state index contributed by atoms with van der Waals surface area (Å²) in [5, 5.41) is 3.26. The first-order chi connectivity index (χ1) is 9.97. The molecule has 1 aliphatic heterocycles. The summed E-state index contributed by atoms with van der Waals surface area (Å²) in [6.45, 7) is 6.57. The lowest BCUT2D eigenvalue weighted by Gasteiger charge is -2.33. The molecule has 1 amide bonds. The highest BCUT2D eigenvalue weighted by Gasteiger charge is 2.38. The molecule has 3 fully saturated rings. The van der Waals surface area contributed by atoms with Crippen molar-refractivity contribution in [3.8, 4) is 0 Å². The first-order valence-electron chi connectivity index (χ1n) is 8.93. The Balaban J connectivity index is 1.64. The number of likely N-dealkylation sites (tertiary alicyclic amines) is 1. The summed E-state index contributed by atoms with van der Waals surface area (Å²) >= 11 is 0. The van der Waals surface area contributed by atoms with E-state index in [0.29, 0.717) is 5.91 Å². The second-order valence-corrected chi connectivity index (χ2v) is 8.63.